The van der Waals surface area contributed by atoms with E-state index in [4.69, 9.17) is 10.5 Å². The fourth-order valence-corrected chi connectivity index (χ4v) is 3.10. The van der Waals surface area contributed by atoms with Crippen molar-refractivity contribution in [3.8, 4) is 16.9 Å². The first kappa shape index (κ1) is 17.0. The normalized spacial score (nSPS) is 19.9. The van der Waals surface area contributed by atoms with Crippen LogP contribution in [0, 0.1) is 0 Å². The minimum Gasteiger partial charge on any atom is -0.497 e. The summed E-state index contributed by atoms with van der Waals surface area (Å²) in [5, 5.41) is 0. The van der Waals surface area contributed by atoms with E-state index in [0.29, 0.717) is 6.42 Å². The molecular weight excluding hydrogens is 314 g/mol. The quantitative estimate of drug-likeness (QED) is 0.912. The number of nitrogens with zero attached hydrogens (tertiary/aromatic N) is 2. The third-order valence-corrected chi connectivity index (χ3v) is 4.70. The van der Waals surface area contributed by atoms with Gasteiger partial charge in [-0.3, -0.25) is 9.69 Å². The number of hydrogen-bond acceptors (Lipinski definition) is 4. The van der Waals surface area contributed by atoms with Gasteiger partial charge in [-0.1, -0.05) is 36.4 Å². The zero-order valence-corrected chi connectivity index (χ0v) is 14.8. The molecule has 1 atom stereocenters. The van der Waals surface area contributed by atoms with Gasteiger partial charge in [0.1, 0.15) is 11.3 Å². The lowest BCUT2D eigenvalue weighted by atomic mass is 9.92. The van der Waals surface area contributed by atoms with E-state index in [0.717, 1.165) is 28.9 Å². The second kappa shape index (κ2) is 6.59. The molecule has 2 N–H and O–H groups in total. The maximum Gasteiger partial charge on any atom is 0.256 e. The summed E-state index contributed by atoms with van der Waals surface area (Å²) in [7, 11) is 3.33. The highest BCUT2D eigenvalue weighted by molar-refractivity contribution is 6.06. The van der Waals surface area contributed by atoms with Crippen LogP contribution in [-0.2, 0) is 11.2 Å². The first-order valence-electron chi connectivity index (χ1n) is 8.30. The number of ether oxygens (including phenoxy) is 1. The van der Waals surface area contributed by atoms with Crippen molar-refractivity contribution in [3.63, 3.8) is 0 Å². The van der Waals surface area contributed by atoms with Crippen molar-refractivity contribution in [1.82, 2.24) is 4.90 Å². The summed E-state index contributed by atoms with van der Waals surface area (Å²) in [6.07, 6.45) is 1.38. The second-order valence-electron chi connectivity index (χ2n) is 6.54. The number of likely N-dealkylation sites (N-methyl/N-ethyl adjacent to an activating group) is 1. The number of benzene rings is 2. The van der Waals surface area contributed by atoms with Gasteiger partial charge in [0.15, 0.2) is 5.96 Å². The number of nitrogens with two attached hydrogens (primary N) is 1. The first-order chi connectivity index (χ1) is 11.9. The highest BCUT2D eigenvalue weighted by Gasteiger charge is 2.41. The molecular formula is C20H23N3O2. The van der Waals surface area contributed by atoms with Gasteiger partial charge in [0.25, 0.3) is 5.91 Å². The van der Waals surface area contributed by atoms with E-state index in [1.165, 1.54) is 4.90 Å². The van der Waals surface area contributed by atoms with Crippen LogP contribution in [0.3, 0.4) is 0 Å². The number of carbonyl (C=O) groups excluding carboxylic acids is 1. The van der Waals surface area contributed by atoms with Gasteiger partial charge in [0.2, 0.25) is 0 Å². The number of rotatable bonds is 5. The zero-order chi connectivity index (χ0) is 18.0. The smallest absolute Gasteiger partial charge is 0.256 e. The lowest BCUT2D eigenvalue weighted by Gasteiger charge is -2.19. The second-order valence-corrected chi connectivity index (χ2v) is 6.54. The Hall–Kier alpha value is -2.82. The molecule has 2 aromatic carbocycles. The maximum absolute atomic E-state index is 12.3. The lowest BCUT2D eigenvalue weighted by Crippen LogP contribution is -2.40. The van der Waals surface area contributed by atoms with Gasteiger partial charge in [-0.25, -0.2) is 4.99 Å². The van der Waals surface area contributed by atoms with Gasteiger partial charge in [0.05, 0.1) is 7.11 Å². The van der Waals surface area contributed by atoms with Gasteiger partial charge in [-0.2, -0.15) is 0 Å². The molecule has 0 fully saturated rings. The molecule has 0 saturated carbocycles. The third-order valence-electron chi connectivity index (χ3n) is 4.70. The van der Waals surface area contributed by atoms with Gasteiger partial charge in [-0.15, -0.1) is 0 Å². The molecule has 1 amide bonds. The van der Waals surface area contributed by atoms with Crippen molar-refractivity contribution >= 4 is 11.9 Å². The van der Waals surface area contributed by atoms with E-state index < -0.39 is 5.54 Å². The monoisotopic (exact) mass is 337 g/mol. The van der Waals surface area contributed by atoms with E-state index in [1.807, 2.05) is 31.2 Å². The van der Waals surface area contributed by atoms with Crippen LogP contribution in [0.1, 0.15) is 18.9 Å². The Kier molecular flexibility index (Phi) is 4.49. The Balaban J connectivity index is 1.78. The average molecular weight is 337 g/mol. The molecule has 130 valence electrons. The number of aryl methyl sites for hydroxylation is 1. The number of carbonyl (C=O) groups is 1. The van der Waals surface area contributed by atoms with Crippen LogP contribution in [0.4, 0.5) is 0 Å². The molecule has 0 aliphatic carbocycles. The van der Waals surface area contributed by atoms with E-state index in [-0.39, 0.29) is 11.9 Å². The molecule has 0 aromatic heterocycles. The van der Waals surface area contributed by atoms with Crippen LogP contribution < -0.4 is 10.5 Å². The van der Waals surface area contributed by atoms with E-state index in [1.54, 1.807) is 14.2 Å². The molecule has 0 saturated heterocycles. The van der Waals surface area contributed by atoms with Crippen LogP contribution in [-0.4, -0.2) is 36.5 Å². The minimum atomic E-state index is -0.773. The molecule has 2 aromatic rings. The van der Waals surface area contributed by atoms with Crippen LogP contribution >= 0.6 is 0 Å². The summed E-state index contributed by atoms with van der Waals surface area (Å²) in [5.41, 5.74) is 8.40. The van der Waals surface area contributed by atoms with E-state index in [2.05, 4.69) is 29.3 Å². The van der Waals surface area contributed by atoms with Gasteiger partial charge in [-0.05, 0) is 48.6 Å². The predicted molar refractivity (Wildman–Crippen MR) is 99.5 cm³/mol. The zero-order valence-electron chi connectivity index (χ0n) is 14.8. The topological polar surface area (TPSA) is 67.9 Å². The van der Waals surface area contributed by atoms with Crippen molar-refractivity contribution in [2.24, 2.45) is 10.7 Å². The van der Waals surface area contributed by atoms with Crippen LogP contribution in [0.2, 0.25) is 0 Å². The number of methoxy groups -OCH3 is 1. The molecule has 1 unspecified atom stereocenters. The first-order valence-corrected chi connectivity index (χ1v) is 8.30. The standard InChI is InChI=1S/C20H23N3O2/c1-20(18(24)23(2)19(21)22-20)11-10-14-6-4-7-15(12-14)16-8-5-9-17(13-16)25-3/h4-9,12-13H,10-11H2,1-3H3,(H2,21,22). The van der Waals surface area contributed by atoms with Crippen molar-refractivity contribution < 1.29 is 9.53 Å². The van der Waals surface area contributed by atoms with Crippen LogP contribution in [0.25, 0.3) is 11.1 Å². The molecule has 3 rings (SSSR count). The summed E-state index contributed by atoms with van der Waals surface area (Å²) >= 11 is 0. The lowest BCUT2D eigenvalue weighted by molar-refractivity contribution is -0.129. The fourth-order valence-electron chi connectivity index (χ4n) is 3.10. The Morgan fingerprint density at radius 2 is 1.84 bits per heavy atom. The molecule has 5 nitrogen and oxygen atoms in total. The van der Waals surface area contributed by atoms with Crippen molar-refractivity contribution in [3.05, 3.63) is 54.1 Å². The summed E-state index contributed by atoms with van der Waals surface area (Å²) in [6.45, 7) is 1.84. The maximum atomic E-state index is 12.3. The summed E-state index contributed by atoms with van der Waals surface area (Å²) in [6, 6.07) is 16.3. The van der Waals surface area contributed by atoms with Crippen molar-refractivity contribution in [2.45, 2.75) is 25.3 Å². The van der Waals surface area contributed by atoms with E-state index in [9.17, 15) is 4.79 Å². The van der Waals surface area contributed by atoms with Gasteiger partial charge in [0, 0.05) is 7.05 Å². The predicted octanol–water partition coefficient (Wildman–Crippen LogP) is 2.84. The highest BCUT2D eigenvalue weighted by atomic mass is 16.5. The van der Waals surface area contributed by atoms with Crippen LogP contribution in [0.5, 0.6) is 5.75 Å². The van der Waals surface area contributed by atoms with Crippen LogP contribution in [0.15, 0.2) is 53.5 Å². The highest BCUT2D eigenvalue weighted by Crippen LogP contribution is 2.28. The Labute approximate surface area is 148 Å². The minimum absolute atomic E-state index is 0.0473. The molecule has 5 heteroatoms. The SMILES string of the molecule is COc1cccc(-c2cccc(CCC3(C)N=C(N)N(C)C3=O)c2)c1. The number of hydrogen-bond donors (Lipinski definition) is 1. The Bertz CT molecular complexity index is 831. The van der Waals surface area contributed by atoms with Gasteiger partial charge >= 0.3 is 0 Å². The van der Waals surface area contributed by atoms with Gasteiger partial charge < -0.3 is 10.5 Å². The summed E-state index contributed by atoms with van der Waals surface area (Å²) < 4.78 is 5.30. The molecule has 1 heterocycles. The van der Waals surface area contributed by atoms with Crippen molar-refractivity contribution in [1.29, 1.82) is 0 Å². The van der Waals surface area contributed by atoms with E-state index >= 15 is 0 Å². The molecule has 1 aliphatic heterocycles. The fraction of sp³-hybridized carbons (Fsp3) is 0.300. The largest absolute Gasteiger partial charge is 0.497 e. The van der Waals surface area contributed by atoms with Crippen molar-refractivity contribution in [2.75, 3.05) is 14.2 Å². The molecule has 25 heavy (non-hydrogen) atoms. The average Bonchev–Trinajstić information content (AvgIpc) is 2.83. The third kappa shape index (κ3) is 3.36. The molecule has 1 aliphatic rings. The Morgan fingerprint density at radius 1 is 1.16 bits per heavy atom. The summed E-state index contributed by atoms with van der Waals surface area (Å²) in [4.78, 5) is 18.1. The number of guanidine groups is 1. The molecule has 0 radical (unpaired) electrons. The molecule has 0 bridgehead atoms. The Morgan fingerprint density at radius 3 is 2.48 bits per heavy atom. The number of amides is 1. The number of aliphatic imine (C=N–C) groups is 1. The summed E-state index contributed by atoms with van der Waals surface area (Å²) in [5.74, 6) is 1.08. The molecule has 0 spiro atoms.